The molecule has 0 radical (unpaired) electrons. The molecule has 178 valence electrons. The third kappa shape index (κ3) is 4.71. The number of pyridine rings is 1. The first kappa shape index (κ1) is 23.9. The summed E-state index contributed by atoms with van der Waals surface area (Å²) in [5.41, 5.74) is 4.06. The van der Waals surface area contributed by atoms with Crippen LogP contribution in [-0.2, 0) is 20.9 Å². The van der Waals surface area contributed by atoms with Gasteiger partial charge >= 0.3 is 5.97 Å². The summed E-state index contributed by atoms with van der Waals surface area (Å²) in [6.45, 7) is 5.98. The minimum Gasteiger partial charge on any atom is -0.507 e. The zero-order chi connectivity index (χ0) is 25.1. The first-order chi connectivity index (χ1) is 16.8. The molecule has 1 unspecified atom stereocenters. The summed E-state index contributed by atoms with van der Waals surface area (Å²) in [6, 6.07) is 16.4. The molecule has 0 bridgehead atoms. The van der Waals surface area contributed by atoms with Crippen molar-refractivity contribution in [3.63, 3.8) is 0 Å². The van der Waals surface area contributed by atoms with Gasteiger partial charge in [0.1, 0.15) is 11.8 Å². The Kier molecular flexibility index (Phi) is 6.78. The van der Waals surface area contributed by atoms with Crippen LogP contribution in [0.15, 0.2) is 72.4 Å². The Hall–Kier alpha value is -4.26. The van der Waals surface area contributed by atoms with Crippen LogP contribution in [-0.4, -0.2) is 39.3 Å². The Morgan fingerprint density at radius 3 is 2.34 bits per heavy atom. The molecule has 0 saturated carbocycles. The third-order valence-electron chi connectivity index (χ3n) is 6.11. The molecule has 1 aliphatic rings. The number of hydrogen-bond donors (Lipinski definition) is 1. The van der Waals surface area contributed by atoms with Crippen LogP contribution in [0.3, 0.4) is 0 Å². The number of carbonyl (C=O) groups excluding carboxylic acids is 3. The zero-order valence-electron chi connectivity index (χ0n) is 19.8. The fourth-order valence-corrected chi connectivity index (χ4v) is 4.09. The summed E-state index contributed by atoms with van der Waals surface area (Å²) in [6.07, 6.45) is 1.58. The molecule has 0 aliphatic carbocycles. The summed E-state index contributed by atoms with van der Waals surface area (Å²) in [7, 11) is 0. The lowest BCUT2D eigenvalue weighted by atomic mass is 9.96. The number of rotatable bonds is 6. The van der Waals surface area contributed by atoms with E-state index in [1.54, 1.807) is 67.7 Å². The maximum Gasteiger partial charge on any atom is 0.338 e. The quantitative estimate of drug-likeness (QED) is 0.247. The largest absolute Gasteiger partial charge is 0.507 e. The van der Waals surface area contributed by atoms with Crippen LogP contribution in [0.2, 0.25) is 0 Å². The van der Waals surface area contributed by atoms with Gasteiger partial charge in [-0.25, -0.2) is 4.79 Å². The minimum atomic E-state index is -0.859. The van der Waals surface area contributed by atoms with Crippen molar-refractivity contribution in [1.29, 1.82) is 0 Å². The van der Waals surface area contributed by atoms with Gasteiger partial charge in [0.05, 0.1) is 23.4 Å². The zero-order valence-corrected chi connectivity index (χ0v) is 19.8. The van der Waals surface area contributed by atoms with E-state index in [-0.39, 0.29) is 24.5 Å². The molecule has 2 heterocycles. The van der Waals surface area contributed by atoms with E-state index in [2.05, 4.69) is 4.98 Å². The molecular formula is C28H26N2O5. The van der Waals surface area contributed by atoms with Crippen LogP contribution < -0.4 is 0 Å². The van der Waals surface area contributed by atoms with E-state index in [4.69, 9.17) is 4.74 Å². The molecule has 0 spiro atoms. The second-order valence-electron chi connectivity index (χ2n) is 8.40. The first-order valence-corrected chi connectivity index (χ1v) is 11.3. The summed E-state index contributed by atoms with van der Waals surface area (Å²) >= 11 is 0. The van der Waals surface area contributed by atoms with Crippen LogP contribution in [0, 0.1) is 13.8 Å². The van der Waals surface area contributed by atoms with E-state index < -0.39 is 23.7 Å². The van der Waals surface area contributed by atoms with E-state index in [1.807, 2.05) is 19.9 Å². The Morgan fingerprint density at radius 1 is 1.00 bits per heavy atom. The van der Waals surface area contributed by atoms with Gasteiger partial charge in [-0.2, -0.15) is 0 Å². The number of Topliss-reactive ketones (excluding diaryl/α,β-unsaturated/α-hetero) is 1. The maximum atomic E-state index is 13.2. The fourth-order valence-electron chi connectivity index (χ4n) is 4.09. The lowest BCUT2D eigenvalue weighted by Gasteiger charge is -2.24. The predicted molar refractivity (Wildman–Crippen MR) is 130 cm³/mol. The second kappa shape index (κ2) is 9.93. The number of ether oxygens (including phenoxy) is 1. The lowest BCUT2D eigenvalue weighted by Crippen LogP contribution is -2.29. The van der Waals surface area contributed by atoms with E-state index in [1.165, 1.54) is 4.90 Å². The smallest absolute Gasteiger partial charge is 0.338 e. The molecule has 1 aliphatic heterocycles. The van der Waals surface area contributed by atoms with Crippen molar-refractivity contribution in [2.45, 2.75) is 33.4 Å². The summed E-state index contributed by atoms with van der Waals surface area (Å²) < 4.78 is 5.02. The number of amides is 1. The van der Waals surface area contributed by atoms with Crippen molar-refractivity contribution >= 4 is 23.4 Å². The second-order valence-corrected chi connectivity index (χ2v) is 8.40. The Bertz CT molecular complexity index is 1310. The molecule has 7 nitrogen and oxygen atoms in total. The number of likely N-dealkylation sites (tertiary alicyclic amines) is 1. The molecule has 7 heteroatoms. The van der Waals surface area contributed by atoms with E-state index in [0.717, 1.165) is 11.1 Å². The number of esters is 1. The predicted octanol–water partition coefficient (Wildman–Crippen LogP) is 4.50. The van der Waals surface area contributed by atoms with E-state index >= 15 is 0 Å². The Morgan fingerprint density at radius 2 is 1.71 bits per heavy atom. The van der Waals surface area contributed by atoms with Crippen LogP contribution in [0.1, 0.15) is 51.3 Å². The Balaban J connectivity index is 1.76. The molecule has 4 rings (SSSR count). The van der Waals surface area contributed by atoms with Crippen molar-refractivity contribution in [2.75, 3.05) is 6.61 Å². The van der Waals surface area contributed by atoms with Crippen molar-refractivity contribution in [3.8, 4) is 0 Å². The molecule has 2 aromatic carbocycles. The highest BCUT2D eigenvalue weighted by Crippen LogP contribution is 2.39. The van der Waals surface area contributed by atoms with Crippen LogP contribution in [0.4, 0.5) is 0 Å². The highest BCUT2D eigenvalue weighted by Gasteiger charge is 2.46. The van der Waals surface area contributed by atoms with Gasteiger partial charge < -0.3 is 14.7 Å². The molecule has 1 aromatic heterocycles. The van der Waals surface area contributed by atoms with Gasteiger partial charge in [0.15, 0.2) is 0 Å². The first-order valence-electron chi connectivity index (χ1n) is 11.3. The van der Waals surface area contributed by atoms with Crippen molar-refractivity contribution < 1.29 is 24.2 Å². The molecule has 1 N–H and O–H groups in total. The van der Waals surface area contributed by atoms with Crippen LogP contribution >= 0.6 is 0 Å². The maximum absolute atomic E-state index is 13.2. The third-order valence-corrected chi connectivity index (χ3v) is 6.11. The Labute approximate surface area is 203 Å². The monoisotopic (exact) mass is 470 g/mol. The van der Waals surface area contributed by atoms with E-state index in [0.29, 0.717) is 22.4 Å². The number of benzene rings is 2. The number of aromatic nitrogens is 1. The lowest BCUT2D eigenvalue weighted by molar-refractivity contribution is -0.140. The highest BCUT2D eigenvalue weighted by molar-refractivity contribution is 6.46. The topological polar surface area (TPSA) is 96.8 Å². The van der Waals surface area contributed by atoms with Gasteiger partial charge in [-0.15, -0.1) is 0 Å². The summed E-state index contributed by atoms with van der Waals surface area (Å²) in [5, 5.41) is 11.2. The molecular weight excluding hydrogens is 444 g/mol. The van der Waals surface area contributed by atoms with Gasteiger partial charge in [0.25, 0.3) is 11.7 Å². The van der Waals surface area contributed by atoms with Crippen molar-refractivity contribution in [1.82, 2.24) is 9.88 Å². The van der Waals surface area contributed by atoms with Crippen LogP contribution in [0.25, 0.3) is 5.76 Å². The number of ketones is 1. The normalized spacial score (nSPS) is 17.0. The minimum absolute atomic E-state index is 0.0000896. The summed E-state index contributed by atoms with van der Waals surface area (Å²) in [5.74, 6) is -2.15. The fraction of sp³-hybridized carbons (Fsp3) is 0.214. The number of aliphatic hydroxyl groups is 1. The molecule has 3 aromatic rings. The van der Waals surface area contributed by atoms with Crippen LogP contribution in [0.5, 0.6) is 0 Å². The average Bonchev–Trinajstić information content (AvgIpc) is 3.11. The van der Waals surface area contributed by atoms with E-state index in [9.17, 15) is 19.5 Å². The summed E-state index contributed by atoms with van der Waals surface area (Å²) in [4.78, 5) is 44.1. The number of aliphatic hydroxyl groups excluding tert-OH is 1. The highest BCUT2D eigenvalue weighted by atomic mass is 16.5. The molecule has 1 saturated heterocycles. The van der Waals surface area contributed by atoms with Gasteiger partial charge in [0, 0.05) is 18.3 Å². The van der Waals surface area contributed by atoms with Gasteiger partial charge in [-0.3, -0.25) is 14.6 Å². The molecule has 35 heavy (non-hydrogen) atoms. The number of carbonyl (C=O) groups is 3. The molecule has 1 fully saturated rings. The van der Waals surface area contributed by atoms with Gasteiger partial charge in [-0.1, -0.05) is 30.3 Å². The standard InChI is InChI=1S/C28H26N2O5/c1-4-35-28(34)20-12-9-19(10-13-20)16-30-24(22-7-5-6-14-29-22)23(26(32)27(30)33)25(31)21-11-8-17(2)18(3)15-21/h5-15,24,31H,4,16H2,1-3H3/b25-23-. The van der Waals surface area contributed by atoms with Crippen molar-refractivity contribution in [2.24, 2.45) is 0 Å². The van der Waals surface area contributed by atoms with Crippen molar-refractivity contribution in [3.05, 3.63) is 106 Å². The number of hydrogen-bond acceptors (Lipinski definition) is 6. The van der Waals surface area contributed by atoms with Gasteiger partial charge in [-0.05, 0) is 67.8 Å². The molecule has 1 atom stereocenters. The number of aryl methyl sites for hydroxylation is 2. The van der Waals surface area contributed by atoms with Gasteiger partial charge in [0.2, 0.25) is 0 Å². The molecule has 1 amide bonds. The SMILES string of the molecule is CCOC(=O)c1ccc(CN2C(=O)C(=O)/C(=C(\O)c3ccc(C)c(C)c3)C2c2ccccn2)cc1. The average molecular weight is 471 g/mol. The number of nitrogens with zero attached hydrogens (tertiary/aromatic N) is 2.